The Morgan fingerprint density at radius 3 is 2.29 bits per heavy atom. The summed E-state index contributed by atoms with van der Waals surface area (Å²) in [6.07, 6.45) is 8.16. The molecule has 1 unspecified atom stereocenters. The highest BCUT2D eigenvalue weighted by Crippen LogP contribution is 2.38. The minimum atomic E-state index is -0.107. The average molecular weight is 238 g/mol. The van der Waals surface area contributed by atoms with E-state index in [0.717, 1.165) is 25.7 Å². The second kappa shape index (κ2) is 4.97. The summed E-state index contributed by atoms with van der Waals surface area (Å²) in [6.45, 7) is 4.74. The zero-order valence-corrected chi connectivity index (χ0v) is 11.2. The highest BCUT2D eigenvalue weighted by molar-refractivity contribution is 5.76. The maximum Gasteiger partial charge on any atom is 0.220 e. The molecule has 2 aliphatic carbocycles. The van der Waals surface area contributed by atoms with Crippen LogP contribution < -0.4 is 11.1 Å². The topological polar surface area (TPSA) is 55.1 Å². The van der Waals surface area contributed by atoms with Crippen molar-refractivity contribution in [2.24, 2.45) is 17.1 Å². The molecule has 0 aliphatic heterocycles. The van der Waals surface area contributed by atoms with Crippen molar-refractivity contribution in [1.82, 2.24) is 5.32 Å². The van der Waals surface area contributed by atoms with Crippen LogP contribution in [0.2, 0.25) is 0 Å². The van der Waals surface area contributed by atoms with Gasteiger partial charge >= 0.3 is 0 Å². The summed E-state index contributed by atoms with van der Waals surface area (Å²) in [6, 6.07) is 1.27. The van der Waals surface area contributed by atoms with E-state index >= 15 is 0 Å². The van der Waals surface area contributed by atoms with Gasteiger partial charge in [-0.2, -0.15) is 0 Å². The van der Waals surface area contributed by atoms with Crippen LogP contribution in [-0.2, 0) is 4.79 Å². The molecule has 0 aromatic rings. The van der Waals surface area contributed by atoms with Gasteiger partial charge in [-0.15, -0.1) is 0 Å². The van der Waals surface area contributed by atoms with E-state index in [9.17, 15) is 4.79 Å². The van der Waals surface area contributed by atoms with Crippen LogP contribution in [0.15, 0.2) is 0 Å². The van der Waals surface area contributed by atoms with E-state index in [0.29, 0.717) is 17.5 Å². The second-order valence-electron chi connectivity index (χ2n) is 6.55. The summed E-state index contributed by atoms with van der Waals surface area (Å²) in [5, 5.41) is 3.82. The van der Waals surface area contributed by atoms with Gasteiger partial charge < -0.3 is 11.1 Å². The van der Waals surface area contributed by atoms with Crippen molar-refractivity contribution in [2.45, 2.75) is 70.9 Å². The lowest BCUT2D eigenvalue weighted by Crippen LogP contribution is -2.46. The Kier molecular flexibility index (Phi) is 3.76. The van der Waals surface area contributed by atoms with Crippen molar-refractivity contribution in [1.29, 1.82) is 0 Å². The molecule has 98 valence electrons. The number of carbonyl (C=O) groups is 1. The van der Waals surface area contributed by atoms with Crippen LogP contribution in [-0.4, -0.2) is 18.0 Å². The fourth-order valence-corrected chi connectivity index (χ4v) is 3.46. The van der Waals surface area contributed by atoms with Gasteiger partial charge in [0.2, 0.25) is 5.91 Å². The molecule has 2 saturated carbocycles. The van der Waals surface area contributed by atoms with E-state index in [2.05, 4.69) is 19.2 Å². The smallest absolute Gasteiger partial charge is 0.220 e. The Labute approximate surface area is 105 Å². The van der Waals surface area contributed by atoms with E-state index in [-0.39, 0.29) is 11.8 Å². The molecule has 0 heterocycles. The normalized spacial score (nSPS) is 36.9. The summed E-state index contributed by atoms with van der Waals surface area (Å²) in [4.78, 5) is 11.1. The number of rotatable bonds is 3. The van der Waals surface area contributed by atoms with Gasteiger partial charge in [-0.1, -0.05) is 20.3 Å². The van der Waals surface area contributed by atoms with Crippen LogP contribution in [0.4, 0.5) is 0 Å². The van der Waals surface area contributed by atoms with E-state index in [1.54, 1.807) is 0 Å². The highest BCUT2D eigenvalue weighted by atomic mass is 16.1. The Bertz CT molecular complexity index is 280. The van der Waals surface area contributed by atoms with Gasteiger partial charge in [0.15, 0.2) is 0 Å². The van der Waals surface area contributed by atoms with Crippen LogP contribution in [0.5, 0.6) is 0 Å². The minimum absolute atomic E-state index is 0.107. The number of amides is 1. The van der Waals surface area contributed by atoms with Crippen molar-refractivity contribution < 1.29 is 4.79 Å². The summed E-state index contributed by atoms with van der Waals surface area (Å²) in [7, 11) is 0. The SMILES string of the molecule is CC1(C)CCCC1NC1CCC(C(N)=O)CC1. The number of primary amides is 1. The molecular weight excluding hydrogens is 212 g/mol. The Hall–Kier alpha value is -0.570. The first-order valence-corrected chi connectivity index (χ1v) is 7.04. The van der Waals surface area contributed by atoms with E-state index in [1.165, 1.54) is 19.3 Å². The number of hydrogen-bond donors (Lipinski definition) is 2. The molecule has 0 aromatic carbocycles. The quantitative estimate of drug-likeness (QED) is 0.792. The van der Waals surface area contributed by atoms with Crippen LogP contribution in [0.1, 0.15) is 58.8 Å². The monoisotopic (exact) mass is 238 g/mol. The van der Waals surface area contributed by atoms with Crippen molar-refractivity contribution in [3.63, 3.8) is 0 Å². The van der Waals surface area contributed by atoms with Crippen molar-refractivity contribution >= 4 is 5.91 Å². The Morgan fingerprint density at radius 1 is 1.18 bits per heavy atom. The second-order valence-corrected chi connectivity index (χ2v) is 6.55. The van der Waals surface area contributed by atoms with Crippen LogP contribution in [0, 0.1) is 11.3 Å². The zero-order valence-electron chi connectivity index (χ0n) is 11.2. The molecule has 3 N–H and O–H groups in total. The summed E-state index contributed by atoms with van der Waals surface area (Å²) in [5.41, 5.74) is 5.80. The number of nitrogens with two attached hydrogens (primary N) is 1. The van der Waals surface area contributed by atoms with E-state index < -0.39 is 0 Å². The molecule has 0 saturated heterocycles. The third kappa shape index (κ3) is 3.01. The molecule has 0 radical (unpaired) electrons. The molecule has 17 heavy (non-hydrogen) atoms. The molecule has 1 atom stereocenters. The maximum absolute atomic E-state index is 11.1. The molecule has 3 heteroatoms. The summed E-state index contributed by atoms with van der Waals surface area (Å²) in [5.74, 6) is 0.0225. The lowest BCUT2D eigenvalue weighted by molar-refractivity contribution is -0.122. The minimum Gasteiger partial charge on any atom is -0.369 e. The molecule has 1 amide bonds. The molecule has 0 aromatic heterocycles. The molecular formula is C14H26N2O. The number of nitrogens with one attached hydrogen (secondary N) is 1. The van der Waals surface area contributed by atoms with Gasteiger partial charge in [0, 0.05) is 18.0 Å². The predicted molar refractivity (Wildman–Crippen MR) is 69.5 cm³/mol. The van der Waals surface area contributed by atoms with Gasteiger partial charge in [0.05, 0.1) is 0 Å². The zero-order chi connectivity index (χ0) is 12.5. The highest BCUT2D eigenvalue weighted by Gasteiger charge is 2.36. The van der Waals surface area contributed by atoms with Crippen LogP contribution in [0.3, 0.4) is 0 Å². The molecule has 2 aliphatic rings. The van der Waals surface area contributed by atoms with Crippen LogP contribution >= 0.6 is 0 Å². The number of carbonyl (C=O) groups excluding carboxylic acids is 1. The maximum atomic E-state index is 11.1. The predicted octanol–water partition coefficient (Wildman–Crippen LogP) is 2.20. The molecule has 3 nitrogen and oxygen atoms in total. The van der Waals surface area contributed by atoms with Gasteiger partial charge in [-0.25, -0.2) is 0 Å². The largest absolute Gasteiger partial charge is 0.369 e. The van der Waals surface area contributed by atoms with Gasteiger partial charge in [0.1, 0.15) is 0 Å². The fourth-order valence-electron chi connectivity index (χ4n) is 3.46. The summed E-state index contributed by atoms with van der Waals surface area (Å²) < 4.78 is 0. The first-order valence-electron chi connectivity index (χ1n) is 7.04. The van der Waals surface area contributed by atoms with Crippen molar-refractivity contribution in [2.75, 3.05) is 0 Å². The molecule has 2 rings (SSSR count). The van der Waals surface area contributed by atoms with E-state index in [1.807, 2.05) is 0 Å². The summed E-state index contributed by atoms with van der Waals surface area (Å²) >= 11 is 0. The third-order valence-electron chi connectivity index (χ3n) is 4.82. The first-order chi connectivity index (χ1) is 7.99. The van der Waals surface area contributed by atoms with Crippen molar-refractivity contribution in [3.8, 4) is 0 Å². The van der Waals surface area contributed by atoms with Gasteiger partial charge in [-0.05, 0) is 43.9 Å². The third-order valence-corrected chi connectivity index (χ3v) is 4.82. The Balaban J connectivity index is 1.80. The number of hydrogen-bond acceptors (Lipinski definition) is 2. The molecule has 0 bridgehead atoms. The molecule has 0 spiro atoms. The standard InChI is InChI=1S/C14H26N2O/c1-14(2)9-3-4-12(14)16-11-7-5-10(6-8-11)13(15)17/h10-12,16H,3-9H2,1-2H3,(H2,15,17). The van der Waals surface area contributed by atoms with Gasteiger partial charge in [-0.3, -0.25) is 4.79 Å². The lowest BCUT2D eigenvalue weighted by Gasteiger charge is -2.35. The van der Waals surface area contributed by atoms with Crippen LogP contribution in [0.25, 0.3) is 0 Å². The first kappa shape index (κ1) is 12.9. The average Bonchev–Trinajstić information content (AvgIpc) is 2.59. The van der Waals surface area contributed by atoms with Gasteiger partial charge in [0.25, 0.3) is 0 Å². The Morgan fingerprint density at radius 2 is 1.82 bits per heavy atom. The lowest BCUT2D eigenvalue weighted by atomic mass is 9.83. The van der Waals surface area contributed by atoms with Crippen molar-refractivity contribution in [3.05, 3.63) is 0 Å². The molecule has 2 fully saturated rings. The van der Waals surface area contributed by atoms with E-state index in [4.69, 9.17) is 5.73 Å². The fraction of sp³-hybridized carbons (Fsp3) is 0.929.